The molecule has 2 aromatic rings. The standard InChI is InChI=1S/C14H17N3O3S/c1-9-5-4-6-11(7-9)20-8-12-15-16-14(17(12)3)21-10(2)13(18)19/h4-7,10H,8H2,1-3H3,(H,18,19). The molecule has 1 aromatic heterocycles. The molecule has 0 spiro atoms. The van der Waals surface area contributed by atoms with Gasteiger partial charge in [-0.15, -0.1) is 10.2 Å². The van der Waals surface area contributed by atoms with Gasteiger partial charge in [-0.2, -0.15) is 0 Å². The van der Waals surface area contributed by atoms with Gasteiger partial charge in [-0.1, -0.05) is 23.9 Å². The third-order valence-electron chi connectivity index (χ3n) is 2.91. The lowest BCUT2D eigenvalue weighted by molar-refractivity contribution is -0.136. The van der Waals surface area contributed by atoms with Crippen molar-refractivity contribution in [3.05, 3.63) is 35.7 Å². The minimum Gasteiger partial charge on any atom is -0.486 e. The maximum Gasteiger partial charge on any atom is 0.316 e. The fraction of sp³-hybridized carbons (Fsp3) is 0.357. The van der Waals surface area contributed by atoms with Crippen LogP contribution in [0.4, 0.5) is 0 Å². The zero-order chi connectivity index (χ0) is 15.4. The molecule has 0 aliphatic heterocycles. The van der Waals surface area contributed by atoms with Gasteiger partial charge in [-0.05, 0) is 31.5 Å². The van der Waals surface area contributed by atoms with Gasteiger partial charge in [0.2, 0.25) is 0 Å². The molecule has 0 radical (unpaired) electrons. The molecule has 0 bridgehead atoms. The van der Waals surface area contributed by atoms with Crippen molar-refractivity contribution in [3.63, 3.8) is 0 Å². The van der Waals surface area contributed by atoms with Crippen LogP contribution in [-0.4, -0.2) is 31.1 Å². The third kappa shape index (κ3) is 3.98. The monoisotopic (exact) mass is 307 g/mol. The summed E-state index contributed by atoms with van der Waals surface area (Å²) in [7, 11) is 1.80. The van der Waals surface area contributed by atoms with E-state index < -0.39 is 11.2 Å². The van der Waals surface area contributed by atoms with Gasteiger partial charge in [0.1, 0.15) is 17.6 Å². The summed E-state index contributed by atoms with van der Waals surface area (Å²) in [5, 5.41) is 16.9. The summed E-state index contributed by atoms with van der Waals surface area (Å²) in [5.74, 6) is 0.545. The molecule has 0 saturated carbocycles. The van der Waals surface area contributed by atoms with Crippen LogP contribution in [0.1, 0.15) is 18.3 Å². The van der Waals surface area contributed by atoms with E-state index >= 15 is 0 Å². The number of carboxylic acids is 1. The Kier molecular flexibility index (Phi) is 4.85. The van der Waals surface area contributed by atoms with Crippen molar-refractivity contribution >= 4 is 17.7 Å². The number of rotatable bonds is 6. The summed E-state index contributed by atoms with van der Waals surface area (Å²) in [6.07, 6.45) is 0. The molecule has 0 saturated heterocycles. The number of hydrogen-bond acceptors (Lipinski definition) is 5. The lowest BCUT2D eigenvalue weighted by atomic mass is 10.2. The number of aliphatic carboxylic acids is 1. The second-order valence-corrected chi connectivity index (χ2v) is 5.97. The van der Waals surface area contributed by atoms with Gasteiger partial charge in [-0.3, -0.25) is 4.79 Å². The van der Waals surface area contributed by atoms with Gasteiger partial charge in [-0.25, -0.2) is 0 Å². The van der Waals surface area contributed by atoms with Gasteiger partial charge in [0.15, 0.2) is 11.0 Å². The Hall–Kier alpha value is -2.02. The highest BCUT2D eigenvalue weighted by molar-refractivity contribution is 8.00. The summed E-state index contributed by atoms with van der Waals surface area (Å²) in [6, 6.07) is 7.75. The van der Waals surface area contributed by atoms with E-state index in [-0.39, 0.29) is 6.61 Å². The van der Waals surface area contributed by atoms with E-state index in [2.05, 4.69) is 10.2 Å². The van der Waals surface area contributed by atoms with E-state index in [1.807, 2.05) is 31.2 Å². The van der Waals surface area contributed by atoms with Crippen LogP contribution in [0, 0.1) is 6.92 Å². The SMILES string of the molecule is Cc1cccc(OCc2nnc(SC(C)C(=O)O)n2C)c1. The molecule has 1 N–H and O–H groups in total. The van der Waals surface area contributed by atoms with Crippen LogP contribution in [0.15, 0.2) is 29.4 Å². The van der Waals surface area contributed by atoms with Gasteiger partial charge >= 0.3 is 5.97 Å². The molecule has 0 amide bonds. The molecule has 6 nitrogen and oxygen atoms in total. The van der Waals surface area contributed by atoms with Crippen LogP contribution in [0.25, 0.3) is 0 Å². The van der Waals surface area contributed by atoms with Gasteiger partial charge in [0.05, 0.1) is 0 Å². The fourth-order valence-electron chi connectivity index (χ4n) is 1.63. The summed E-state index contributed by atoms with van der Waals surface area (Å²) >= 11 is 1.16. The molecule has 1 aromatic carbocycles. The van der Waals surface area contributed by atoms with Crippen LogP contribution < -0.4 is 4.74 Å². The van der Waals surface area contributed by atoms with Crippen molar-refractivity contribution in [2.45, 2.75) is 30.9 Å². The highest BCUT2D eigenvalue weighted by atomic mass is 32.2. The first kappa shape index (κ1) is 15.4. The molecule has 112 valence electrons. The second-order valence-electron chi connectivity index (χ2n) is 4.66. The molecule has 7 heteroatoms. The lowest BCUT2D eigenvalue weighted by Gasteiger charge is -2.08. The number of ether oxygens (including phenoxy) is 1. The zero-order valence-electron chi connectivity index (χ0n) is 12.1. The number of aromatic nitrogens is 3. The molecule has 1 heterocycles. The van der Waals surface area contributed by atoms with Crippen LogP contribution in [0.3, 0.4) is 0 Å². The fourth-order valence-corrected chi connectivity index (χ4v) is 2.40. The second kappa shape index (κ2) is 6.62. The number of carboxylic acid groups (broad SMARTS) is 1. The van der Waals surface area contributed by atoms with Crippen LogP contribution in [-0.2, 0) is 18.4 Å². The van der Waals surface area contributed by atoms with Crippen molar-refractivity contribution in [3.8, 4) is 5.75 Å². The number of nitrogens with zero attached hydrogens (tertiary/aromatic N) is 3. The van der Waals surface area contributed by atoms with Crippen molar-refractivity contribution in [1.82, 2.24) is 14.8 Å². The highest BCUT2D eigenvalue weighted by Gasteiger charge is 2.17. The average Bonchev–Trinajstić information content (AvgIpc) is 2.77. The summed E-state index contributed by atoms with van der Waals surface area (Å²) < 4.78 is 7.42. The van der Waals surface area contributed by atoms with Crippen molar-refractivity contribution in [1.29, 1.82) is 0 Å². The van der Waals surface area contributed by atoms with E-state index in [1.54, 1.807) is 18.5 Å². The molecule has 0 fully saturated rings. The molecule has 1 atom stereocenters. The van der Waals surface area contributed by atoms with E-state index in [4.69, 9.17) is 9.84 Å². The number of aryl methyl sites for hydroxylation is 1. The Bertz CT molecular complexity index is 642. The maximum absolute atomic E-state index is 10.9. The van der Waals surface area contributed by atoms with E-state index in [0.29, 0.717) is 11.0 Å². The van der Waals surface area contributed by atoms with Crippen molar-refractivity contribution < 1.29 is 14.6 Å². The Labute approximate surface area is 127 Å². The Balaban J connectivity index is 2.02. The number of benzene rings is 1. The van der Waals surface area contributed by atoms with E-state index in [1.165, 1.54) is 0 Å². The number of thioether (sulfide) groups is 1. The molecule has 21 heavy (non-hydrogen) atoms. The van der Waals surface area contributed by atoms with Crippen molar-refractivity contribution in [2.75, 3.05) is 0 Å². The molecule has 1 unspecified atom stereocenters. The summed E-state index contributed by atoms with van der Waals surface area (Å²) in [4.78, 5) is 10.9. The van der Waals surface area contributed by atoms with Crippen LogP contribution in [0.5, 0.6) is 5.75 Å². The van der Waals surface area contributed by atoms with Crippen LogP contribution in [0.2, 0.25) is 0 Å². The molecular weight excluding hydrogens is 290 g/mol. The predicted molar refractivity (Wildman–Crippen MR) is 79.5 cm³/mol. The van der Waals surface area contributed by atoms with Crippen molar-refractivity contribution in [2.24, 2.45) is 7.05 Å². The normalized spacial score (nSPS) is 12.1. The molecular formula is C14H17N3O3S. The molecule has 0 aliphatic carbocycles. The number of hydrogen-bond donors (Lipinski definition) is 1. The third-order valence-corrected chi connectivity index (χ3v) is 4.03. The molecule has 2 rings (SSSR count). The quantitative estimate of drug-likeness (QED) is 0.825. The number of carbonyl (C=O) groups is 1. The molecule has 0 aliphatic rings. The summed E-state index contributed by atoms with van der Waals surface area (Å²) in [6.45, 7) is 3.90. The van der Waals surface area contributed by atoms with Gasteiger partial charge in [0.25, 0.3) is 0 Å². The van der Waals surface area contributed by atoms with E-state index in [9.17, 15) is 4.79 Å². The van der Waals surface area contributed by atoms with Crippen LogP contribution >= 0.6 is 11.8 Å². The first-order valence-electron chi connectivity index (χ1n) is 6.44. The highest BCUT2D eigenvalue weighted by Crippen LogP contribution is 2.22. The maximum atomic E-state index is 10.9. The topological polar surface area (TPSA) is 77.2 Å². The minimum atomic E-state index is -0.874. The van der Waals surface area contributed by atoms with Gasteiger partial charge < -0.3 is 14.4 Å². The first-order chi connectivity index (χ1) is 9.97. The lowest BCUT2D eigenvalue weighted by Crippen LogP contribution is -2.12. The Morgan fingerprint density at radius 1 is 1.48 bits per heavy atom. The first-order valence-corrected chi connectivity index (χ1v) is 7.32. The zero-order valence-corrected chi connectivity index (χ0v) is 12.9. The predicted octanol–water partition coefficient (Wildman–Crippen LogP) is 2.27. The minimum absolute atomic E-state index is 0.287. The van der Waals surface area contributed by atoms with E-state index in [0.717, 1.165) is 23.1 Å². The Morgan fingerprint density at radius 2 is 2.24 bits per heavy atom. The smallest absolute Gasteiger partial charge is 0.316 e. The average molecular weight is 307 g/mol. The summed E-state index contributed by atoms with van der Waals surface area (Å²) in [5.41, 5.74) is 1.12. The van der Waals surface area contributed by atoms with Gasteiger partial charge in [0, 0.05) is 7.05 Å². The Morgan fingerprint density at radius 3 is 2.90 bits per heavy atom. The largest absolute Gasteiger partial charge is 0.486 e.